The minimum Gasteiger partial charge on any atom is -0.384 e. The summed E-state index contributed by atoms with van der Waals surface area (Å²) >= 11 is 5.37. The lowest BCUT2D eigenvalue weighted by Gasteiger charge is -2.45. The van der Waals surface area contributed by atoms with Crippen LogP contribution in [0.2, 0.25) is 0 Å². The van der Waals surface area contributed by atoms with Crippen molar-refractivity contribution in [3.05, 3.63) is 40.2 Å². The molecule has 0 radical (unpaired) electrons. The van der Waals surface area contributed by atoms with Gasteiger partial charge in [0.1, 0.15) is 5.60 Å². The van der Waals surface area contributed by atoms with Crippen molar-refractivity contribution < 1.29 is 5.11 Å². The molecule has 2 saturated carbocycles. The largest absolute Gasteiger partial charge is 0.384 e. The molecule has 1 nitrogen and oxygen atoms in total. The van der Waals surface area contributed by atoms with Crippen molar-refractivity contribution in [2.45, 2.75) is 50.5 Å². The third-order valence-corrected chi connectivity index (χ3v) is 8.41. The summed E-state index contributed by atoms with van der Waals surface area (Å²) in [4.78, 5) is 1.20. The van der Waals surface area contributed by atoms with Gasteiger partial charge in [-0.15, -0.1) is 0 Å². The van der Waals surface area contributed by atoms with Crippen molar-refractivity contribution in [2.24, 2.45) is 16.7 Å². The van der Waals surface area contributed by atoms with Crippen LogP contribution in [0.1, 0.15) is 40.0 Å². The summed E-state index contributed by atoms with van der Waals surface area (Å²) in [6, 6.07) is 10.3. The number of aliphatic hydroxyl groups is 1. The standard InChI is InChI=1S/C18H23BrOS/c1-16(2)13-9-10-17(16,3)18(20,11-13)15(19)12-21-14-7-5-4-6-8-14/h4-8,12-13,20H,9-11H2,1-3H3/b15-12+. The van der Waals surface area contributed by atoms with E-state index in [0.717, 1.165) is 17.3 Å². The highest BCUT2D eigenvalue weighted by atomic mass is 79.9. The number of hydrogen-bond donors (Lipinski definition) is 1. The fourth-order valence-corrected chi connectivity index (χ4v) is 5.98. The number of hydrogen-bond acceptors (Lipinski definition) is 2. The Kier molecular flexibility index (Phi) is 3.83. The van der Waals surface area contributed by atoms with E-state index in [4.69, 9.17) is 0 Å². The second kappa shape index (κ2) is 5.14. The molecule has 21 heavy (non-hydrogen) atoms. The van der Waals surface area contributed by atoms with Gasteiger partial charge in [0.15, 0.2) is 0 Å². The maximum Gasteiger partial charge on any atom is 0.103 e. The second-order valence-electron chi connectivity index (χ2n) is 7.25. The predicted molar refractivity (Wildman–Crippen MR) is 93.5 cm³/mol. The Morgan fingerprint density at radius 3 is 2.48 bits per heavy atom. The molecule has 0 heterocycles. The Morgan fingerprint density at radius 1 is 1.29 bits per heavy atom. The van der Waals surface area contributed by atoms with Crippen LogP contribution < -0.4 is 0 Å². The van der Waals surface area contributed by atoms with Crippen molar-refractivity contribution in [3.63, 3.8) is 0 Å². The third kappa shape index (κ3) is 2.15. The molecule has 3 atom stereocenters. The zero-order valence-corrected chi connectivity index (χ0v) is 15.3. The SMILES string of the molecule is CC1(C)C2CCC1(C)C(O)(/C(Br)=C\Sc1ccccc1)C2. The van der Waals surface area contributed by atoms with Gasteiger partial charge in [0, 0.05) is 14.8 Å². The van der Waals surface area contributed by atoms with Crippen molar-refractivity contribution >= 4 is 27.7 Å². The minimum atomic E-state index is -0.721. The van der Waals surface area contributed by atoms with Gasteiger partial charge in [-0.25, -0.2) is 0 Å². The molecule has 0 aromatic heterocycles. The summed E-state index contributed by atoms with van der Waals surface area (Å²) in [5.41, 5.74) is -0.565. The van der Waals surface area contributed by atoms with E-state index in [1.807, 2.05) is 18.2 Å². The maximum atomic E-state index is 11.4. The summed E-state index contributed by atoms with van der Waals surface area (Å²) in [6.45, 7) is 6.92. The van der Waals surface area contributed by atoms with E-state index in [2.05, 4.69) is 54.2 Å². The Hall–Kier alpha value is -0.250. The number of halogens is 1. The van der Waals surface area contributed by atoms with Crippen LogP contribution >= 0.6 is 27.7 Å². The van der Waals surface area contributed by atoms with Gasteiger partial charge in [0.2, 0.25) is 0 Å². The number of thioether (sulfide) groups is 1. The predicted octanol–water partition coefficient (Wildman–Crippen LogP) is 5.59. The monoisotopic (exact) mass is 366 g/mol. The van der Waals surface area contributed by atoms with Crippen molar-refractivity contribution in [3.8, 4) is 0 Å². The van der Waals surface area contributed by atoms with E-state index in [9.17, 15) is 5.11 Å². The van der Waals surface area contributed by atoms with Gasteiger partial charge < -0.3 is 5.11 Å². The minimum absolute atomic E-state index is 0.0444. The Morgan fingerprint density at radius 2 is 1.95 bits per heavy atom. The van der Waals surface area contributed by atoms with E-state index in [-0.39, 0.29) is 10.8 Å². The van der Waals surface area contributed by atoms with Crippen LogP contribution in [0.3, 0.4) is 0 Å². The van der Waals surface area contributed by atoms with Crippen LogP contribution in [0.25, 0.3) is 0 Å². The molecule has 2 fully saturated rings. The quantitative estimate of drug-likeness (QED) is 0.703. The molecule has 0 saturated heterocycles. The molecule has 2 aliphatic rings. The summed E-state index contributed by atoms with van der Waals surface area (Å²) < 4.78 is 0.946. The van der Waals surface area contributed by atoms with Gasteiger partial charge in [-0.05, 0) is 48.1 Å². The highest BCUT2D eigenvalue weighted by molar-refractivity contribution is 9.11. The molecule has 114 valence electrons. The van der Waals surface area contributed by atoms with Crippen LogP contribution in [0, 0.1) is 16.7 Å². The Labute approximate surface area is 140 Å². The Bertz CT molecular complexity index is 568. The molecule has 0 spiro atoms. The average molecular weight is 367 g/mol. The summed E-state index contributed by atoms with van der Waals surface area (Å²) in [7, 11) is 0. The number of rotatable bonds is 3. The lowest BCUT2D eigenvalue weighted by Crippen LogP contribution is -2.47. The fourth-order valence-electron chi connectivity index (χ4n) is 4.35. The van der Waals surface area contributed by atoms with Crippen molar-refractivity contribution in [1.29, 1.82) is 0 Å². The third-order valence-electron chi connectivity index (χ3n) is 6.33. The molecule has 0 aliphatic heterocycles. The maximum absolute atomic E-state index is 11.4. The van der Waals surface area contributed by atoms with E-state index in [0.29, 0.717) is 5.92 Å². The molecule has 2 aliphatic carbocycles. The molecule has 2 bridgehead atoms. The highest BCUT2D eigenvalue weighted by Gasteiger charge is 2.69. The first-order chi connectivity index (χ1) is 9.81. The molecule has 3 heteroatoms. The average Bonchev–Trinajstić information content (AvgIpc) is 2.78. The lowest BCUT2D eigenvalue weighted by molar-refractivity contribution is -0.0532. The van der Waals surface area contributed by atoms with E-state index < -0.39 is 5.60 Å². The topological polar surface area (TPSA) is 20.2 Å². The normalized spacial score (nSPS) is 38.0. The van der Waals surface area contributed by atoms with Gasteiger partial charge in [-0.1, -0.05) is 66.7 Å². The van der Waals surface area contributed by atoms with Gasteiger partial charge in [-0.2, -0.15) is 0 Å². The van der Waals surface area contributed by atoms with Gasteiger partial charge in [0.05, 0.1) is 0 Å². The van der Waals surface area contributed by atoms with Crippen LogP contribution in [-0.4, -0.2) is 10.7 Å². The summed E-state index contributed by atoms with van der Waals surface area (Å²) in [5, 5.41) is 13.5. The zero-order chi connectivity index (χ0) is 15.3. The molecule has 1 aromatic rings. The molecule has 1 aromatic carbocycles. The smallest absolute Gasteiger partial charge is 0.103 e. The summed E-state index contributed by atoms with van der Waals surface area (Å²) in [5.74, 6) is 0.621. The van der Waals surface area contributed by atoms with Gasteiger partial charge in [0.25, 0.3) is 0 Å². The first-order valence-electron chi connectivity index (χ1n) is 7.61. The van der Waals surface area contributed by atoms with Crippen LogP contribution in [0.15, 0.2) is 45.1 Å². The molecule has 0 amide bonds. The van der Waals surface area contributed by atoms with Crippen LogP contribution in [-0.2, 0) is 0 Å². The Balaban J connectivity index is 1.86. The number of benzene rings is 1. The fraction of sp³-hybridized carbons (Fsp3) is 0.556. The number of fused-ring (bicyclic) bond motifs is 2. The van der Waals surface area contributed by atoms with Crippen LogP contribution in [0.5, 0.6) is 0 Å². The first-order valence-corrected chi connectivity index (χ1v) is 9.29. The van der Waals surface area contributed by atoms with Crippen molar-refractivity contribution in [2.75, 3.05) is 0 Å². The van der Waals surface area contributed by atoms with Crippen LogP contribution in [0.4, 0.5) is 0 Å². The highest BCUT2D eigenvalue weighted by Crippen LogP contribution is 2.71. The van der Waals surface area contributed by atoms with E-state index in [1.54, 1.807) is 11.8 Å². The second-order valence-corrected chi connectivity index (χ2v) is 9.05. The first kappa shape index (κ1) is 15.6. The van der Waals surface area contributed by atoms with Gasteiger partial charge >= 0.3 is 0 Å². The van der Waals surface area contributed by atoms with Gasteiger partial charge in [-0.3, -0.25) is 0 Å². The molecule has 1 N–H and O–H groups in total. The van der Waals surface area contributed by atoms with E-state index in [1.165, 1.54) is 11.3 Å². The lowest BCUT2D eigenvalue weighted by atomic mass is 9.64. The molecular formula is C18H23BrOS. The summed E-state index contributed by atoms with van der Waals surface area (Å²) in [6.07, 6.45) is 3.24. The molecule has 3 unspecified atom stereocenters. The molecule has 3 rings (SSSR count). The van der Waals surface area contributed by atoms with E-state index >= 15 is 0 Å². The van der Waals surface area contributed by atoms with Crippen molar-refractivity contribution in [1.82, 2.24) is 0 Å². The molecular weight excluding hydrogens is 344 g/mol. The zero-order valence-electron chi connectivity index (χ0n) is 12.9.